The highest BCUT2D eigenvalue weighted by atomic mass is 32.2. The van der Waals surface area contributed by atoms with Crippen molar-refractivity contribution in [2.75, 3.05) is 13.1 Å². The fraction of sp³-hybridized carbons (Fsp3) is 0.308. The molecule has 1 amide bonds. The molecule has 2 heterocycles. The summed E-state index contributed by atoms with van der Waals surface area (Å²) in [4.78, 5) is 15.7. The van der Waals surface area contributed by atoms with Gasteiger partial charge in [0.2, 0.25) is 10.0 Å². The van der Waals surface area contributed by atoms with Crippen molar-refractivity contribution >= 4 is 15.9 Å². The predicted octanol–water partition coefficient (Wildman–Crippen LogP) is 0.130. The monoisotopic (exact) mass is 323 g/mol. The SMILES string of the molecule is Cc1n[nH]c(C)c1S(=O)(=O)NCCNC(=O)c1ccncc1. The van der Waals surface area contributed by atoms with E-state index in [0.29, 0.717) is 17.0 Å². The van der Waals surface area contributed by atoms with Crippen molar-refractivity contribution in [2.24, 2.45) is 0 Å². The van der Waals surface area contributed by atoms with E-state index in [1.165, 1.54) is 12.4 Å². The minimum atomic E-state index is -3.65. The second-order valence-corrected chi connectivity index (χ2v) is 6.36. The molecule has 0 unspecified atom stereocenters. The Morgan fingerprint density at radius 2 is 1.91 bits per heavy atom. The van der Waals surface area contributed by atoms with Crippen LogP contribution in [0.5, 0.6) is 0 Å². The quantitative estimate of drug-likeness (QED) is 0.653. The molecular weight excluding hydrogens is 306 g/mol. The molecule has 22 heavy (non-hydrogen) atoms. The topological polar surface area (TPSA) is 117 Å². The molecule has 0 atom stereocenters. The minimum Gasteiger partial charge on any atom is -0.351 e. The molecule has 0 aliphatic carbocycles. The maximum absolute atomic E-state index is 12.2. The second-order valence-electron chi connectivity index (χ2n) is 4.65. The Kier molecular flexibility index (Phi) is 4.88. The molecule has 8 nitrogen and oxygen atoms in total. The number of carbonyl (C=O) groups is 1. The summed E-state index contributed by atoms with van der Waals surface area (Å²) in [5.74, 6) is -0.280. The molecule has 2 rings (SSSR count). The lowest BCUT2D eigenvalue weighted by molar-refractivity contribution is 0.0954. The van der Waals surface area contributed by atoms with Gasteiger partial charge in [0, 0.05) is 31.0 Å². The number of amides is 1. The van der Waals surface area contributed by atoms with Gasteiger partial charge in [-0.1, -0.05) is 0 Å². The number of aromatic amines is 1. The molecular formula is C13H17N5O3S. The lowest BCUT2D eigenvalue weighted by Gasteiger charge is -2.08. The number of pyridine rings is 1. The molecule has 0 radical (unpaired) electrons. The molecule has 0 saturated heterocycles. The number of nitrogens with one attached hydrogen (secondary N) is 3. The number of H-pyrrole nitrogens is 1. The largest absolute Gasteiger partial charge is 0.351 e. The van der Waals surface area contributed by atoms with Crippen molar-refractivity contribution in [2.45, 2.75) is 18.7 Å². The van der Waals surface area contributed by atoms with E-state index in [9.17, 15) is 13.2 Å². The van der Waals surface area contributed by atoms with Crippen molar-refractivity contribution in [1.82, 2.24) is 25.2 Å². The molecule has 0 aliphatic rings. The predicted molar refractivity (Wildman–Crippen MR) is 79.8 cm³/mol. The smallest absolute Gasteiger partial charge is 0.251 e. The molecule has 118 valence electrons. The van der Waals surface area contributed by atoms with Crippen molar-refractivity contribution in [3.05, 3.63) is 41.5 Å². The van der Waals surface area contributed by atoms with Crippen molar-refractivity contribution in [1.29, 1.82) is 0 Å². The van der Waals surface area contributed by atoms with Crippen molar-refractivity contribution < 1.29 is 13.2 Å². The third-order valence-corrected chi connectivity index (χ3v) is 4.70. The summed E-state index contributed by atoms with van der Waals surface area (Å²) in [5, 5.41) is 9.12. The fourth-order valence-electron chi connectivity index (χ4n) is 1.98. The van der Waals surface area contributed by atoms with E-state index in [1.807, 2.05) is 0 Å². The van der Waals surface area contributed by atoms with Gasteiger partial charge < -0.3 is 5.32 Å². The maximum atomic E-state index is 12.2. The maximum Gasteiger partial charge on any atom is 0.251 e. The zero-order valence-corrected chi connectivity index (χ0v) is 13.1. The first-order valence-corrected chi connectivity index (χ1v) is 8.09. The van der Waals surface area contributed by atoms with Crippen molar-refractivity contribution in [3.8, 4) is 0 Å². The number of rotatable bonds is 6. The Hall–Kier alpha value is -2.26. The molecule has 0 aromatic carbocycles. The van der Waals surface area contributed by atoms with E-state index in [1.54, 1.807) is 26.0 Å². The highest BCUT2D eigenvalue weighted by Crippen LogP contribution is 2.15. The molecule has 3 N–H and O–H groups in total. The Morgan fingerprint density at radius 3 is 2.50 bits per heavy atom. The zero-order chi connectivity index (χ0) is 16.2. The lowest BCUT2D eigenvalue weighted by atomic mass is 10.2. The molecule has 9 heteroatoms. The summed E-state index contributed by atoms with van der Waals surface area (Å²) in [7, 11) is -3.65. The summed E-state index contributed by atoms with van der Waals surface area (Å²) in [6.45, 7) is 3.52. The number of nitrogens with zero attached hydrogens (tertiary/aromatic N) is 2. The van der Waals surface area contributed by atoms with Crippen LogP contribution in [0.3, 0.4) is 0 Å². The summed E-state index contributed by atoms with van der Waals surface area (Å²) < 4.78 is 26.8. The van der Waals surface area contributed by atoms with Gasteiger partial charge in [0.15, 0.2) is 0 Å². The first-order chi connectivity index (χ1) is 10.4. The first-order valence-electron chi connectivity index (χ1n) is 6.61. The van der Waals surface area contributed by atoms with Crippen LogP contribution in [0.4, 0.5) is 0 Å². The third-order valence-electron chi connectivity index (χ3n) is 2.97. The van der Waals surface area contributed by atoms with E-state index < -0.39 is 10.0 Å². The number of carbonyl (C=O) groups excluding carboxylic acids is 1. The van der Waals surface area contributed by atoms with Crippen LogP contribution in [0.2, 0.25) is 0 Å². The Labute approximate surface area is 128 Å². The summed E-state index contributed by atoms with van der Waals surface area (Å²) in [6.07, 6.45) is 3.03. The van der Waals surface area contributed by atoms with Gasteiger partial charge in [0.25, 0.3) is 5.91 Å². The Balaban J connectivity index is 1.88. The van der Waals surface area contributed by atoms with Crippen LogP contribution in [-0.4, -0.2) is 42.6 Å². The van der Waals surface area contributed by atoms with E-state index >= 15 is 0 Å². The highest BCUT2D eigenvalue weighted by Gasteiger charge is 2.21. The molecule has 0 fully saturated rings. The zero-order valence-electron chi connectivity index (χ0n) is 12.3. The normalized spacial score (nSPS) is 11.4. The van der Waals surface area contributed by atoms with E-state index in [-0.39, 0.29) is 23.9 Å². The number of hydrogen-bond acceptors (Lipinski definition) is 5. The molecule has 2 aromatic rings. The molecule has 0 bridgehead atoms. The van der Waals surface area contributed by atoms with Crippen molar-refractivity contribution in [3.63, 3.8) is 0 Å². The van der Waals surface area contributed by atoms with Gasteiger partial charge in [-0.3, -0.25) is 14.9 Å². The van der Waals surface area contributed by atoms with Gasteiger partial charge in [0.1, 0.15) is 4.90 Å². The number of aryl methyl sites for hydroxylation is 2. The van der Waals surface area contributed by atoms with E-state index in [4.69, 9.17) is 0 Å². The van der Waals surface area contributed by atoms with Gasteiger partial charge in [-0.15, -0.1) is 0 Å². The van der Waals surface area contributed by atoms with Crippen LogP contribution in [-0.2, 0) is 10.0 Å². The highest BCUT2D eigenvalue weighted by molar-refractivity contribution is 7.89. The Bertz CT molecular complexity index is 736. The van der Waals surface area contributed by atoms with Gasteiger partial charge >= 0.3 is 0 Å². The van der Waals surface area contributed by atoms with Crippen LogP contribution >= 0.6 is 0 Å². The standard InChI is InChI=1S/C13H17N5O3S/c1-9-12(10(2)18-17-9)22(20,21)16-8-7-15-13(19)11-3-5-14-6-4-11/h3-6,16H,7-8H2,1-2H3,(H,15,19)(H,17,18). The third kappa shape index (κ3) is 3.68. The molecule has 0 spiro atoms. The second kappa shape index (κ2) is 6.67. The van der Waals surface area contributed by atoms with Crippen LogP contribution in [0.25, 0.3) is 0 Å². The number of sulfonamides is 1. The van der Waals surface area contributed by atoms with Gasteiger partial charge in [-0.2, -0.15) is 5.10 Å². The molecule has 0 saturated carbocycles. The average molecular weight is 323 g/mol. The first kappa shape index (κ1) is 16.1. The number of aromatic nitrogens is 3. The van der Waals surface area contributed by atoms with Gasteiger partial charge in [0.05, 0.1) is 11.4 Å². The van der Waals surface area contributed by atoms with Gasteiger partial charge in [-0.25, -0.2) is 13.1 Å². The fourth-order valence-corrected chi connectivity index (χ4v) is 3.37. The average Bonchev–Trinajstić information content (AvgIpc) is 2.84. The minimum absolute atomic E-state index is 0.0865. The lowest BCUT2D eigenvalue weighted by Crippen LogP contribution is -2.35. The Morgan fingerprint density at radius 1 is 1.23 bits per heavy atom. The number of hydrogen-bond donors (Lipinski definition) is 3. The van der Waals surface area contributed by atoms with E-state index in [0.717, 1.165) is 0 Å². The van der Waals surface area contributed by atoms with Crippen LogP contribution < -0.4 is 10.0 Å². The molecule has 2 aromatic heterocycles. The summed E-state index contributed by atoms with van der Waals surface area (Å²) in [5.41, 5.74) is 1.36. The summed E-state index contributed by atoms with van der Waals surface area (Å²) in [6, 6.07) is 3.16. The van der Waals surface area contributed by atoms with Crippen LogP contribution in [0.15, 0.2) is 29.4 Å². The summed E-state index contributed by atoms with van der Waals surface area (Å²) >= 11 is 0. The van der Waals surface area contributed by atoms with Crippen LogP contribution in [0, 0.1) is 13.8 Å². The van der Waals surface area contributed by atoms with Crippen LogP contribution in [0.1, 0.15) is 21.7 Å². The van der Waals surface area contributed by atoms with E-state index in [2.05, 4.69) is 25.2 Å². The molecule has 0 aliphatic heterocycles. The van der Waals surface area contributed by atoms with Gasteiger partial charge in [-0.05, 0) is 26.0 Å².